The van der Waals surface area contributed by atoms with Crippen molar-refractivity contribution in [3.05, 3.63) is 65.5 Å². The predicted molar refractivity (Wildman–Crippen MR) is 90.7 cm³/mol. The number of nitrogens with zero attached hydrogens (tertiary/aromatic N) is 2. The summed E-state index contributed by atoms with van der Waals surface area (Å²) in [5, 5.41) is 2.99. The number of benzene rings is 1. The fraction of sp³-hybridized carbons (Fsp3) is 0.368. The molecule has 2 aromatic rings. The molecule has 0 atom stereocenters. The highest BCUT2D eigenvalue weighted by Gasteiger charge is 2.21. The Morgan fingerprint density at radius 1 is 1.16 bits per heavy atom. The zero-order valence-corrected chi connectivity index (χ0v) is 13.9. The zero-order valence-electron chi connectivity index (χ0n) is 13.9. The van der Waals surface area contributed by atoms with Crippen molar-refractivity contribution in [2.24, 2.45) is 0 Å². The van der Waals surface area contributed by atoms with E-state index in [2.05, 4.69) is 21.3 Å². The second kappa shape index (κ2) is 8.16. The van der Waals surface area contributed by atoms with E-state index in [0.717, 1.165) is 44.6 Å². The van der Waals surface area contributed by atoms with Gasteiger partial charge in [0.1, 0.15) is 0 Å². The molecule has 0 saturated carbocycles. The van der Waals surface area contributed by atoms with E-state index in [1.165, 1.54) is 11.6 Å². The topological polar surface area (TPSA) is 45.2 Å². The van der Waals surface area contributed by atoms with Crippen LogP contribution in [0, 0.1) is 11.6 Å². The van der Waals surface area contributed by atoms with Crippen LogP contribution in [0.5, 0.6) is 0 Å². The molecule has 1 saturated heterocycles. The van der Waals surface area contributed by atoms with Crippen LogP contribution in [0.15, 0.2) is 42.7 Å². The average molecular weight is 345 g/mol. The summed E-state index contributed by atoms with van der Waals surface area (Å²) in [6, 6.07) is 7.68. The molecule has 25 heavy (non-hydrogen) atoms. The lowest BCUT2D eigenvalue weighted by Crippen LogP contribution is -2.44. The Bertz CT molecular complexity index is 716. The van der Waals surface area contributed by atoms with Crippen molar-refractivity contribution in [3.63, 3.8) is 0 Å². The monoisotopic (exact) mass is 345 g/mol. The molecule has 0 spiro atoms. The lowest BCUT2D eigenvalue weighted by atomic mass is 10.0. The fourth-order valence-corrected chi connectivity index (χ4v) is 3.10. The number of rotatable bonds is 5. The average Bonchev–Trinajstić information content (AvgIpc) is 2.61. The second-order valence-corrected chi connectivity index (χ2v) is 6.40. The van der Waals surface area contributed by atoms with Gasteiger partial charge in [-0.15, -0.1) is 0 Å². The van der Waals surface area contributed by atoms with Gasteiger partial charge >= 0.3 is 0 Å². The first-order chi connectivity index (χ1) is 12.1. The summed E-state index contributed by atoms with van der Waals surface area (Å²) in [6.07, 6.45) is 5.45. The SMILES string of the molecule is O=C(Cc1ccc(F)c(F)c1)NC1CCN(Cc2cccnc2)CC1. The van der Waals surface area contributed by atoms with Gasteiger partial charge in [0.25, 0.3) is 0 Å². The van der Waals surface area contributed by atoms with Crippen molar-refractivity contribution < 1.29 is 13.6 Å². The summed E-state index contributed by atoms with van der Waals surface area (Å²) in [5.74, 6) is -1.98. The van der Waals surface area contributed by atoms with E-state index in [0.29, 0.717) is 5.56 Å². The standard InChI is InChI=1S/C19H21F2N3O/c20-17-4-3-14(10-18(17)21)11-19(25)23-16-5-8-24(9-6-16)13-15-2-1-7-22-12-15/h1-4,7,10,12,16H,5-6,8-9,11,13H2,(H,23,25). The maximum Gasteiger partial charge on any atom is 0.224 e. The van der Waals surface area contributed by atoms with Gasteiger partial charge in [-0.3, -0.25) is 14.7 Å². The minimum atomic E-state index is -0.922. The van der Waals surface area contributed by atoms with Crippen LogP contribution in [0.3, 0.4) is 0 Å². The van der Waals surface area contributed by atoms with Gasteiger partial charge < -0.3 is 5.32 Å². The molecule has 1 fully saturated rings. The Kier molecular flexibility index (Phi) is 5.71. The van der Waals surface area contributed by atoms with E-state index in [-0.39, 0.29) is 18.4 Å². The van der Waals surface area contributed by atoms with Crippen molar-refractivity contribution in [2.75, 3.05) is 13.1 Å². The Morgan fingerprint density at radius 2 is 1.96 bits per heavy atom. The summed E-state index contributed by atoms with van der Waals surface area (Å²) in [5.41, 5.74) is 1.66. The fourth-order valence-electron chi connectivity index (χ4n) is 3.10. The molecule has 1 amide bonds. The number of carbonyl (C=O) groups excluding carboxylic acids is 1. The summed E-state index contributed by atoms with van der Waals surface area (Å²) in [4.78, 5) is 18.6. The van der Waals surface area contributed by atoms with E-state index in [1.54, 1.807) is 6.20 Å². The van der Waals surface area contributed by atoms with Crippen LogP contribution in [0.25, 0.3) is 0 Å². The number of likely N-dealkylation sites (tertiary alicyclic amines) is 1. The van der Waals surface area contributed by atoms with Gasteiger partial charge in [0, 0.05) is 38.1 Å². The number of carbonyl (C=O) groups is 1. The number of aromatic nitrogens is 1. The Hall–Kier alpha value is -2.34. The molecule has 0 radical (unpaired) electrons. The highest BCUT2D eigenvalue weighted by molar-refractivity contribution is 5.78. The molecule has 0 aliphatic carbocycles. The quantitative estimate of drug-likeness (QED) is 0.906. The van der Waals surface area contributed by atoms with Gasteiger partial charge in [0.2, 0.25) is 5.91 Å². The maximum atomic E-state index is 13.2. The molecule has 1 N–H and O–H groups in total. The van der Waals surface area contributed by atoms with E-state index in [4.69, 9.17) is 0 Å². The van der Waals surface area contributed by atoms with Gasteiger partial charge in [-0.05, 0) is 42.2 Å². The molecule has 1 aromatic heterocycles. The second-order valence-electron chi connectivity index (χ2n) is 6.40. The maximum absolute atomic E-state index is 13.2. The first-order valence-corrected chi connectivity index (χ1v) is 8.45. The highest BCUT2D eigenvalue weighted by atomic mass is 19.2. The molecule has 1 aliphatic rings. The molecule has 4 nitrogen and oxygen atoms in total. The Morgan fingerprint density at radius 3 is 2.64 bits per heavy atom. The van der Waals surface area contributed by atoms with Crippen molar-refractivity contribution in [1.29, 1.82) is 0 Å². The van der Waals surface area contributed by atoms with Crippen molar-refractivity contribution in [3.8, 4) is 0 Å². The third kappa shape index (κ3) is 5.06. The minimum absolute atomic E-state index is 0.0626. The van der Waals surface area contributed by atoms with Gasteiger partial charge in [-0.1, -0.05) is 12.1 Å². The molecule has 1 aliphatic heterocycles. The summed E-state index contributed by atoms with van der Waals surface area (Å²) >= 11 is 0. The van der Waals surface area contributed by atoms with Crippen LogP contribution in [0.4, 0.5) is 8.78 Å². The van der Waals surface area contributed by atoms with Gasteiger partial charge in [-0.2, -0.15) is 0 Å². The summed E-state index contributed by atoms with van der Waals surface area (Å²) < 4.78 is 26.1. The highest BCUT2D eigenvalue weighted by Crippen LogP contribution is 2.14. The number of nitrogens with one attached hydrogen (secondary N) is 1. The summed E-state index contributed by atoms with van der Waals surface area (Å²) in [6.45, 7) is 2.68. The molecule has 0 bridgehead atoms. The van der Waals surface area contributed by atoms with Gasteiger partial charge in [0.05, 0.1) is 6.42 Å². The van der Waals surface area contributed by atoms with E-state index in [9.17, 15) is 13.6 Å². The first kappa shape index (κ1) is 17.5. The number of pyridine rings is 1. The Balaban J connectivity index is 1.43. The number of hydrogen-bond donors (Lipinski definition) is 1. The Labute approximate surface area is 145 Å². The van der Waals surface area contributed by atoms with Crippen LogP contribution in [0.2, 0.25) is 0 Å². The first-order valence-electron chi connectivity index (χ1n) is 8.45. The molecule has 0 unspecified atom stereocenters. The number of amides is 1. The number of hydrogen-bond acceptors (Lipinski definition) is 3. The third-order valence-corrected chi connectivity index (χ3v) is 4.43. The largest absolute Gasteiger partial charge is 0.353 e. The molecule has 3 rings (SSSR count). The lowest BCUT2D eigenvalue weighted by Gasteiger charge is -2.32. The van der Waals surface area contributed by atoms with Crippen molar-refractivity contribution in [2.45, 2.75) is 31.8 Å². The molecule has 2 heterocycles. The minimum Gasteiger partial charge on any atom is -0.353 e. The number of piperidine rings is 1. The lowest BCUT2D eigenvalue weighted by molar-refractivity contribution is -0.121. The molecular formula is C19H21F2N3O. The smallest absolute Gasteiger partial charge is 0.224 e. The number of halogens is 2. The van der Waals surface area contributed by atoms with Crippen LogP contribution in [0.1, 0.15) is 24.0 Å². The van der Waals surface area contributed by atoms with Crippen LogP contribution < -0.4 is 5.32 Å². The third-order valence-electron chi connectivity index (χ3n) is 4.43. The normalized spacial score (nSPS) is 15.9. The van der Waals surface area contributed by atoms with Crippen LogP contribution in [-0.4, -0.2) is 34.9 Å². The molecular weight excluding hydrogens is 324 g/mol. The van der Waals surface area contributed by atoms with Gasteiger partial charge in [0.15, 0.2) is 11.6 Å². The van der Waals surface area contributed by atoms with E-state index in [1.807, 2.05) is 12.3 Å². The van der Waals surface area contributed by atoms with Crippen molar-refractivity contribution >= 4 is 5.91 Å². The van der Waals surface area contributed by atoms with Crippen molar-refractivity contribution in [1.82, 2.24) is 15.2 Å². The predicted octanol–water partition coefficient (Wildman–Crippen LogP) is 2.68. The van der Waals surface area contributed by atoms with Crippen LogP contribution >= 0.6 is 0 Å². The molecule has 1 aromatic carbocycles. The van der Waals surface area contributed by atoms with Crippen LogP contribution in [-0.2, 0) is 17.8 Å². The van der Waals surface area contributed by atoms with E-state index < -0.39 is 11.6 Å². The van der Waals surface area contributed by atoms with E-state index >= 15 is 0 Å². The summed E-state index contributed by atoms with van der Waals surface area (Å²) in [7, 11) is 0. The molecule has 6 heteroatoms. The zero-order chi connectivity index (χ0) is 17.6. The van der Waals surface area contributed by atoms with Gasteiger partial charge in [-0.25, -0.2) is 8.78 Å². The molecule has 132 valence electrons.